The van der Waals surface area contributed by atoms with E-state index in [0.29, 0.717) is 10.7 Å². The van der Waals surface area contributed by atoms with Crippen LogP contribution in [0.5, 0.6) is 5.75 Å². The fourth-order valence-electron chi connectivity index (χ4n) is 4.29. The monoisotopic (exact) mass is 555 g/mol. The number of halogens is 4. The lowest BCUT2D eigenvalue weighted by Crippen LogP contribution is -2.21. The quantitative estimate of drug-likeness (QED) is 0.227. The standard InChI is InChI=1S/C25H25F4N3O3S2/c1-24(2)8-6-13(7-9-24)17-5-4-14(21(30-17)25(27,28)29)22-31-20(12-36-22)37-32-18-11-16(26)15(23(33)34)10-19(18)35-3/h4-5,10-13,32H,6-9H2,1-3H3,(H,33,34). The molecule has 1 aliphatic carbocycles. The Morgan fingerprint density at radius 3 is 2.54 bits per heavy atom. The Kier molecular flexibility index (Phi) is 7.70. The van der Waals surface area contributed by atoms with E-state index < -0.39 is 29.2 Å². The number of thiazole rings is 1. The summed E-state index contributed by atoms with van der Waals surface area (Å²) in [6, 6.07) is 5.12. The van der Waals surface area contributed by atoms with Crippen molar-refractivity contribution in [1.82, 2.24) is 9.97 Å². The van der Waals surface area contributed by atoms with Gasteiger partial charge in [0.15, 0.2) is 5.69 Å². The Morgan fingerprint density at radius 2 is 1.92 bits per heavy atom. The average molecular weight is 556 g/mol. The largest absolute Gasteiger partial charge is 0.495 e. The number of anilines is 1. The summed E-state index contributed by atoms with van der Waals surface area (Å²) >= 11 is 1.97. The summed E-state index contributed by atoms with van der Waals surface area (Å²) in [5.41, 5.74) is -0.794. The Hall–Kier alpha value is -2.86. The second-order valence-electron chi connectivity index (χ2n) is 9.60. The fourth-order valence-corrected chi connectivity index (χ4v) is 5.90. The van der Waals surface area contributed by atoms with E-state index in [2.05, 4.69) is 28.5 Å². The number of rotatable bonds is 7. The van der Waals surface area contributed by atoms with E-state index in [-0.39, 0.29) is 33.3 Å². The molecule has 198 valence electrons. The van der Waals surface area contributed by atoms with Crippen molar-refractivity contribution < 1.29 is 32.2 Å². The normalized spacial score (nSPS) is 16.0. The molecule has 2 heterocycles. The number of nitrogens with one attached hydrogen (secondary N) is 1. The van der Waals surface area contributed by atoms with Crippen LogP contribution in [0.4, 0.5) is 23.2 Å². The van der Waals surface area contributed by atoms with E-state index in [1.165, 1.54) is 13.2 Å². The number of pyridine rings is 1. The van der Waals surface area contributed by atoms with Gasteiger partial charge in [-0.3, -0.25) is 0 Å². The summed E-state index contributed by atoms with van der Waals surface area (Å²) in [6.07, 6.45) is -1.16. The van der Waals surface area contributed by atoms with Crippen LogP contribution in [0.1, 0.15) is 67.2 Å². The third-order valence-electron chi connectivity index (χ3n) is 6.44. The number of carbonyl (C=O) groups is 1. The summed E-state index contributed by atoms with van der Waals surface area (Å²) in [5.74, 6) is -2.31. The third-order valence-corrected chi connectivity index (χ3v) is 8.21. The smallest absolute Gasteiger partial charge is 0.434 e. The van der Waals surface area contributed by atoms with E-state index in [9.17, 15) is 22.4 Å². The van der Waals surface area contributed by atoms with Gasteiger partial charge in [0.25, 0.3) is 0 Å². The summed E-state index contributed by atoms with van der Waals surface area (Å²) < 4.78 is 64.1. The zero-order valence-corrected chi connectivity index (χ0v) is 21.9. The summed E-state index contributed by atoms with van der Waals surface area (Å²) in [6.45, 7) is 4.34. The predicted octanol–water partition coefficient (Wildman–Crippen LogP) is 7.87. The maximum absolute atomic E-state index is 14.1. The van der Waals surface area contributed by atoms with Crippen LogP contribution >= 0.6 is 23.3 Å². The van der Waals surface area contributed by atoms with Gasteiger partial charge in [-0.2, -0.15) is 13.2 Å². The van der Waals surface area contributed by atoms with E-state index in [0.717, 1.165) is 61.1 Å². The SMILES string of the molecule is COc1cc(C(=O)O)c(F)cc1NSc1csc(-c2ccc(C3CCC(C)(C)CC3)nc2C(F)(F)F)n1. The van der Waals surface area contributed by atoms with Crippen LogP contribution in [0, 0.1) is 11.2 Å². The first kappa shape index (κ1) is 27.2. The molecular formula is C25H25F4N3O3S2. The van der Waals surface area contributed by atoms with Gasteiger partial charge in [0.05, 0.1) is 18.4 Å². The van der Waals surface area contributed by atoms with Gasteiger partial charge in [-0.25, -0.2) is 19.2 Å². The van der Waals surface area contributed by atoms with E-state index in [1.54, 1.807) is 11.4 Å². The van der Waals surface area contributed by atoms with Crippen LogP contribution in [-0.2, 0) is 6.18 Å². The molecule has 0 amide bonds. The molecule has 0 aliphatic heterocycles. The van der Waals surface area contributed by atoms with Crippen LogP contribution < -0.4 is 9.46 Å². The van der Waals surface area contributed by atoms with Crippen LogP contribution in [0.3, 0.4) is 0 Å². The summed E-state index contributed by atoms with van der Waals surface area (Å²) in [5, 5.41) is 11.1. The lowest BCUT2D eigenvalue weighted by molar-refractivity contribution is -0.140. The molecule has 4 rings (SSSR count). The van der Waals surface area contributed by atoms with Crippen molar-refractivity contribution in [1.29, 1.82) is 0 Å². The van der Waals surface area contributed by atoms with E-state index in [1.807, 2.05) is 0 Å². The van der Waals surface area contributed by atoms with Crippen molar-refractivity contribution in [3.05, 3.63) is 52.4 Å². The second-order valence-corrected chi connectivity index (χ2v) is 11.3. The number of methoxy groups -OCH3 is 1. The van der Waals surface area contributed by atoms with E-state index in [4.69, 9.17) is 9.84 Å². The van der Waals surface area contributed by atoms with Crippen molar-refractivity contribution in [2.45, 2.75) is 56.7 Å². The zero-order chi connectivity index (χ0) is 27.0. The number of aromatic nitrogens is 2. The van der Waals surface area contributed by atoms with Gasteiger partial charge >= 0.3 is 12.1 Å². The highest BCUT2D eigenvalue weighted by Gasteiger charge is 2.38. The lowest BCUT2D eigenvalue weighted by atomic mass is 9.72. The maximum Gasteiger partial charge on any atom is 0.434 e. The molecule has 0 atom stereocenters. The molecule has 1 saturated carbocycles. The minimum absolute atomic E-state index is 0.00215. The maximum atomic E-state index is 14.1. The molecular weight excluding hydrogens is 530 g/mol. The highest BCUT2D eigenvalue weighted by Crippen LogP contribution is 2.44. The Labute approximate surface area is 219 Å². The number of benzene rings is 1. The topological polar surface area (TPSA) is 84.3 Å². The van der Waals surface area contributed by atoms with Gasteiger partial charge in [-0.15, -0.1) is 11.3 Å². The number of aromatic carboxylic acids is 1. The van der Waals surface area contributed by atoms with Crippen LogP contribution in [0.2, 0.25) is 0 Å². The minimum Gasteiger partial charge on any atom is -0.495 e. The highest BCUT2D eigenvalue weighted by atomic mass is 32.2. The van der Waals surface area contributed by atoms with Gasteiger partial charge < -0.3 is 14.6 Å². The number of alkyl halides is 3. The highest BCUT2D eigenvalue weighted by molar-refractivity contribution is 8.00. The molecule has 2 N–H and O–H groups in total. The van der Waals surface area contributed by atoms with Crippen LogP contribution in [-0.4, -0.2) is 28.2 Å². The molecule has 3 aromatic rings. The van der Waals surface area contributed by atoms with Gasteiger partial charge in [0, 0.05) is 40.6 Å². The molecule has 0 saturated heterocycles. The van der Waals surface area contributed by atoms with Gasteiger partial charge in [0.2, 0.25) is 0 Å². The van der Waals surface area contributed by atoms with E-state index >= 15 is 0 Å². The zero-order valence-electron chi connectivity index (χ0n) is 20.3. The van der Waals surface area contributed by atoms with Crippen LogP contribution in [0.25, 0.3) is 10.6 Å². The van der Waals surface area contributed by atoms with Crippen molar-refractivity contribution in [3.63, 3.8) is 0 Å². The van der Waals surface area contributed by atoms with Crippen molar-refractivity contribution >= 4 is 34.9 Å². The molecule has 0 bridgehead atoms. The Bertz CT molecular complexity index is 1300. The van der Waals surface area contributed by atoms with Gasteiger partial charge in [-0.1, -0.05) is 13.8 Å². The predicted molar refractivity (Wildman–Crippen MR) is 135 cm³/mol. The molecule has 1 aliphatic rings. The average Bonchev–Trinajstić information content (AvgIpc) is 3.30. The number of carboxylic acids is 1. The Balaban J connectivity index is 1.56. The lowest BCUT2D eigenvalue weighted by Gasteiger charge is -2.34. The number of ether oxygens (including phenoxy) is 1. The second kappa shape index (κ2) is 10.5. The van der Waals surface area contributed by atoms with Crippen LogP contribution in [0.15, 0.2) is 34.7 Å². The Morgan fingerprint density at radius 1 is 1.22 bits per heavy atom. The molecule has 12 heteroatoms. The van der Waals surface area contributed by atoms with Gasteiger partial charge in [0.1, 0.15) is 21.6 Å². The van der Waals surface area contributed by atoms with Crippen molar-refractivity contribution in [3.8, 4) is 16.3 Å². The molecule has 0 spiro atoms. The molecule has 1 aromatic carbocycles. The van der Waals surface area contributed by atoms with Crippen molar-refractivity contribution in [2.24, 2.45) is 5.41 Å². The molecule has 6 nitrogen and oxygen atoms in total. The number of hydrogen-bond acceptors (Lipinski definition) is 7. The molecule has 2 aromatic heterocycles. The van der Waals surface area contributed by atoms with Gasteiger partial charge in [-0.05, 0) is 49.3 Å². The fraction of sp³-hybridized carbons (Fsp3) is 0.400. The number of carboxylic acid groups (broad SMARTS) is 1. The molecule has 37 heavy (non-hydrogen) atoms. The third kappa shape index (κ3) is 6.18. The molecule has 0 unspecified atom stereocenters. The molecule has 0 radical (unpaired) electrons. The summed E-state index contributed by atoms with van der Waals surface area (Å²) in [4.78, 5) is 19.5. The number of nitrogens with zero attached hydrogens (tertiary/aromatic N) is 2. The minimum atomic E-state index is -4.65. The van der Waals surface area contributed by atoms with Crippen molar-refractivity contribution in [2.75, 3.05) is 11.8 Å². The number of hydrogen-bond donors (Lipinski definition) is 2. The first-order chi connectivity index (χ1) is 17.4. The first-order valence-electron chi connectivity index (χ1n) is 11.5. The summed E-state index contributed by atoms with van der Waals surface area (Å²) in [7, 11) is 1.30. The first-order valence-corrected chi connectivity index (χ1v) is 13.2. The molecule has 1 fully saturated rings.